The van der Waals surface area contributed by atoms with E-state index < -0.39 is 24.4 Å². The Balaban J connectivity index is 1.53. The van der Waals surface area contributed by atoms with Crippen molar-refractivity contribution < 1.29 is 28.6 Å². The maximum atomic E-state index is 13.1. The number of nitrogens with zero attached hydrogens (tertiary/aromatic N) is 1. The summed E-state index contributed by atoms with van der Waals surface area (Å²) < 4.78 is 27.0. The molecule has 0 radical (unpaired) electrons. The molecule has 1 amide bonds. The van der Waals surface area contributed by atoms with Crippen LogP contribution in [-0.4, -0.2) is 49.5 Å². The van der Waals surface area contributed by atoms with E-state index in [1.807, 2.05) is 97.1 Å². The Labute approximate surface area is 270 Å². The Morgan fingerprint density at radius 1 is 0.733 bits per heavy atom. The van der Waals surface area contributed by atoms with E-state index >= 15 is 0 Å². The third-order valence-corrected chi connectivity index (χ3v) is 8.33. The molecule has 4 aromatic carbocycles. The first-order chi connectivity index (χ1) is 22.0. The molecule has 0 N–H and O–H groups in total. The molecule has 0 aliphatic carbocycles. The largest absolute Gasteiger partial charge is 0.368 e. The lowest BCUT2D eigenvalue weighted by Crippen LogP contribution is -2.57. The third-order valence-electron chi connectivity index (χ3n) is 8.00. The van der Waals surface area contributed by atoms with Gasteiger partial charge in [-0.15, -0.1) is 0 Å². The predicted molar refractivity (Wildman–Crippen MR) is 174 cm³/mol. The van der Waals surface area contributed by atoms with E-state index in [2.05, 4.69) is 6.92 Å². The summed E-state index contributed by atoms with van der Waals surface area (Å²) in [7, 11) is 2.98. The van der Waals surface area contributed by atoms with Gasteiger partial charge < -0.3 is 18.9 Å². The number of amides is 1. The summed E-state index contributed by atoms with van der Waals surface area (Å²) in [5, 5.41) is 1.46. The van der Waals surface area contributed by atoms with Gasteiger partial charge in [-0.3, -0.25) is 9.63 Å². The van der Waals surface area contributed by atoms with Crippen LogP contribution in [0.25, 0.3) is 0 Å². The SMILES string of the molecule is CC[C@H]1O[C@@H](c2ccc(Cl)c(C(=O)N(C)OC)c2)[C@H](OCc2ccccc2)[C@@H](OCc2ccccc2)[C@@H]1OCc1ccccc1. The van der Waals surface area contributed by atoms with Crippen molar-refractivity contribution >= 4 is 17.5 Å². The molecule has 0 saturated carbocycles. The minimum atomic E-state index is -0.582. The summed E-state index contributed by atoms with van der Waals surface area (Å²) in [6.07, 6.45) is -1.72. The zero-order chi connectivity index (χ0) is 31.6. The molecule has 8 heteroatoms. The zero-order valence-electron chi connectivity index (χ0n) is 25.9. The molecule has 0 spiro atoms. The molecule has 0 aromatic heterocycles. The van der Waals surface area contributed by atoms with Gasteiger partial charge in [-0.1, -0.05) is 116 Å². The van der Waals surface area contributed by atoms with Crippen LogP contribution in [0, 0.1) is 0 Å². The molecule has 5 atom stereocenters. The maximum Gasteiger partial charge on any atom is 0.278 e. The van der Waals surface area contributed by atoms with E-state index in [1.54, 1.807) is 19.2 Å². The lowest BCUT2D eigenvalue weighted by Gasteiger charge is -2.46. The standard InChI is InChI=1S/C37H40ClNO6/c1-4-32-34(42-23-26-14-8-5-9-15-26)36(44-25-28-18-12-7-13-19-28)35(43-24-27-16-10-6-11-17-27)33(45-32)29-20-21-31(38)30(22-29)37(40)39(2)41-3/h5-22,32-36H,4,23-25H2,1-3H3/t32-,33+,34-,35+,36+/m1/s1. The van der Waals surface area contributed by atoms with Crippen molar-refractivity contribution in [3.63, 3.8) is 0 Å². The van der Waals surface area contributed by atoms with Gasteiger partial charge in [0.2, 0.25) is 0 Å². The number of rotatable bonds is 13. The van der Waals surface area contributed by atoms with E-state index in [1.165, 1.54) is 7.11 Å². The first kappa shape index (κ1) is 32.8. The zero-order valence-corrected chi connectivity index (χ0v) is 26.6. The number of halogens is 1. The Morgan fingerprint density at radius 2 is 1.22 bits per heavy atom. The Hall–Kier alpha value is -3.56. The predicted octanol–water partition coefficient (Wildman–Crippen LogP) is 7.58. The van der Waals surface area contributed by atoms with Gasteiger partial charge in [-0.25, -0.2) is 5.06 Å². The van der Waals surface area contributed by atoms with Crippen molar-refractivity contribution in [2.24, 2.45) is 0 Å². The highest BCUT2D eigenvalue weighted by molar-refractivity contribution is 6.33. The molecular weight excluding hydrogens is 590 g/mol. The lowest BCUT2D eigenvalue weighted by atomic mass is 9.88. The lowest BCUT2D eigenvalue weighted by molar-refractivity contribution is -0.267. The molecule has 236 valence electrons. The monoisotopic (exact) mass is 629 g/mol. The van der Waals surface area contributed by atoms with Crippen LogP contribution in [0.15, 0.2) is 109 Å². The summed E-state index contributed by atoms with van der Waals surface area (Å²) >= 11 is 6.51. The van der Waals surface area contributed by atoms with Crippen LogP contribution < -0.4 is 0 Å². The highest BCUT2D eigenvalue weighted by Gasteiger charge is 2.48. The summed E-state index contributed by atoms with van der Waals surface area (Å²) in [5.74, 6) is -0.366. The summed E-state index contributed by atoms with van der Waals surface area (Å²) in [4.78, 5) is 18.3. The average molecular weight is 630 g/mol. The maximum absolute atomic E-state index is 13.1. The quantitative estimate of drug-likeness (QED) is 0.142. The van der Waals surface area contributed by atoms with Crippen LogP contribution in [0.5, 0.6) is 0 Å². The Morgan fingerprint density at radius 3 is 1.71 bits per heavy atom. The van der Waals surface area contributed by atoms with E-state index in [-0.39, 0.29) is 12.0 Å². The van der Waals surface area contributed by atoms with Crippen LogP contribution in [0.4, 0.5) is 0 Å². The highest BCUT2D eigenvalue weighted by Crippen LogP contribution is 2.40. The van der Waals surface area contributed by atoms with Gasteiger partial charge in [0.05, 0.1) is 43.6 Å². The van der Waals surface area contributed by atoms with Crippen LogP contribution in [0.3, 0.4) is 0 Å². The van der Waals surface area contributed by atoms with Crippen LogP contribution >= 0.6 is 11.6 Å². The van der Waals surface area contributed by atoms with Crippen molar-refractivity contribution in [3.8, 4) is 0 Å². The second-order valence-corrected chi connectivity index (χ2v) is 11.4. The van der Waals surface area contributed by atoms with Gasteiger partial charge in [0, 0.05) is 7.05 Å². The van der Waals surface area contributed by atoms with Crippen LogP contribution in [-0.2, 0) is 43.6 Å². The molecule has 1 saturated heterocycles. The smallest absolute Gasteiger partial charge is 0.278 e. The first-order valence-electron chi connectivity index (χ1n) is 15.2. The second kappa shape index (κ2) is 16.1. The van der Waals surface area contributed by atoms with Crippen molar-refractivity contribution in [3.05, 3.63) is 142 Å². The highest BCUT2D eigenvalue weighted by atomic mass is 35.5. The number of carbonyl (C=O) groups is 1. The molecule has 1 fully saturated rings. The van der Waals surface area contributed by atoms with Crippen LogP contribution in [0.1, 0.15) is 52.1 Å². The van der Waals surface area contributed by atoms with Gasteiger partial charge >= 0.3 is 0 Å². The summed E-state index contributed by atoms with van der Waals surface area (Å²) in [6.45, 7) is 3.18. The molecule has 7 nitrogen and oxygen atoms in total. The fraction of sp³-hybridized carbons (Fsp3) is 0.324. The van der Waals surface area contributed by atoms with Gasteiger partial charge in [0.1, 0.15) is 24.4 Å². The number of hydrogen-bond donors (Lipinski definition) is 0. The van der Waals surface area contributed by atoms with Crippen LogP contribution in [0.2, 0.25) is 5.02 Å². The minimum absolute atomic E-state index is 0.307. The van der Waals surface area contributed by atoms with Crippen molar-refractivity contribution in [1.82, 2.24) is 5.06 Å². The topological polar surface area (TPSA) is 66.5 Å². The third kappa shape index (κ3) is 8.38. The minimum Gasteiger partial charge on any atom is -0.368 e. The summed E-state index contributed by atoms with van der Waals surface area (Å²) in [5.41, 5.74) is 4.17. The molecule has 5 rings (SSSR count). The summed E-state index contributed by atoms with van der Waals surface area (Å²) in [6, 6.07) is 35.5. The molecular formula is C37H40ClNO6. The normalized spacial score (nSPS) is 21.4. The van der Waals surface area contributed by atoms with E-state index in [0.29, 0.717) is 36.8 Å². The fourth-order valence-electron chi connectivity index (χ4n) is 5.52. The molecule has 0 unspecified atom stereocenters. The first-order valence-corrected chi connectivity index (χ1v) is 15.6. The van der Waals surface area contributed by atoms with Gasteiger partial charge in [0.25, 0.3) is 5.91 Å². The van der Waals surface area contributed by atoms with E-state index in [4.69, 9.17) is 35.4 Å². The Bertz CT molecular complexity index is 1490. The number of benzene rings is 4. The van der Waals surface area contributed by atoms with Crippen molar-refractivity contribution in [2.75, 3.05) is 14.2 Å². The number of hydrogen-bond acceptors (Lipinski definition) is 6. The average Bonchev–Trinajstić information content (AvgIpc) is 3.09. The molecule has 4 aromatic rings. The second-order valence-electron chi connectivity index (χ2n) is 11.0. The van der Waals surface area contributed by atoms with Crippen molar-refractivity contribution in [2.45, 2.75) is 63.7 Å². The molecule has 45 heavy (non-hydrogen) atoms. The van der Waals surface area contributed by atoms with Gasteiger partial charge in [-0.2, -0.15) is 0 Å². The number of carbonyl (C=O) groups excluding carboxylic acids is 1. The Kier molecular flexibility index (Phi) is 11.8. The number of hydroxylamine groups is 2. The van der Waals surface area contributed by atoms with Gasteiger partial charge in [-0.05, 0) is 40.8 Å². The number of ether oxygens (including phenoxy) is 4. The molecule has 1 aliphatic heterocycles. The molecule has 0 bridgehead atoms. The van der Waals surface area contributed by atoms with Crippen molar-refractivity contribution in [1.29, 1.82) is 0 Å². The van der Waals surface area contributed by atoms with E-state index in [0.717, 1.165) is 27.3 Å². The van der Waals surface area contributed by atoms with E-state index in [9.17, 15) is 4.79 Å². The fourth-order valence-corrected chi connectivity index (χ4v) is 5.72. The molecule has 1 aliphatic rings. The van der Waals surface area contributed by atoms with Gasteiger partial charge in [0.15, 0.2) is 0 Å². The molecule has 1 heterocycles.